The number of nitrogens with one attached hydrogen (secondary N) is 2. The van der Waals surface area contributed by atoms with Crippen molar-refractivity contribution < 1.29 is 14.2 Å². The summed E-state index contributed by atoms with van der Waals surface area (Å²) >= 11 is 0. The van der Waals surface area contributed by atoms with Crippen LogP contribution in [0.1, 0.15) is 30.9 Å². The minimum absolute atomic E-state index is 0. The van der Waals surface area contributed by atoms with E-state index in [2.05, 4.69) is 51.7 Å². The van der Waals surface area contributed by atoms with Crippen LogP contribution < -0.4 is 10.6 Å². The fourth-order valence-electron chi connectivity index (χ4n) is 3.09. The maximum absolute atomic E-state index is 5.59. The van der Waals surface area contributed by atoms with Gasteiger partial charge in [0.25, 0.3) is 0 Å². The van der Waals surface area contributed by atoms with Gasteiger partial charge in [0.2, 0.25) is 0 Å². The van der Waals surface area contributed by atoms with Crippen molar-refractivity contribution in [3.63, 3.8) is 0 Å². The lowest BCUT2D eigenvalue weighted by Gasteiger charge is -2.27. The van der Waals surface area contributed by atoms with E-state index in [0.717, 1.165) is 64.8 Å². The molecule has 2 N–H and O–H groups in total. The second-order valence-electron chi connectivity index (χ2n) is 7.09. The summed E-state index contributed by atoms with van der Waals surface area (Å²) in [6, 6.07) is 8.58. The molecule has 2 rings (SSSR count). The van der Waals surface area contributed by atoms with Gasteiger partial charge in [0.05, 0.1) is 33.0 Å². The third-order valence-electron chi connectivity index (χ3n) is 4.84. The van der Waals surface area contributed by atoms with Gasteiger partial charge in [-0.05, 0) is 17.5 Å². The maximum atomic E-state index is 5.59. The van der Waals surface area contributed by atoms with Crippen molar-refractivity contribution in [1.29, 1.82) is 0 Å². The largest absolute Gasteiger partial charge is 0.379 e. The van der Waals surface area contributed by atoms with Gasteiger partial charge in [-0.15, -0.1) is 24.0 Å². The molecule has 0 aromatic heterocycles. The van der Waals surface area contributed by atoms with Gasteiger partial charge in [-0.2, -0.15) is 0 Å². The van der Waals surface area contributed by atoms with E-state index in [0.29, 0.717) is 26.4 Å². The third kappa shape index (κ3) is 11.5. The summed E-state index contributed by atoms with van der Waals surface area (Å²) in [5.41, 5.74) is 2.64. The summed E-state index contributed by atoms with van der Waals surface area (Å²) in [5.74, 6) is 0.786. The molecule has 1 aromatic rings. The minimum atomic E-state index is 0. The monoisotopic (exact) mass is 534 g/mol. The Labute approximate surface area is 199 Å². The van der Waals surface area contributed by atoms with Crippen molar-refractivity contribution in [2.24, 2.45) is 4.99 Å². The highest BCUT2D eigenvalue weighted by molar-refractivity contribution is 14.0. The average Bonchev–Trinajstić information content (AvgIpc) is 2.76. The Balaban J connectivity index is 0.00000450. The van der Waals surface area contributed by atoms with Crippen LogP contribution in [0, 0.1) is 0 Å². The third-order valence-corrected chi connectivity index (χ3v) is 4.84. The molecule has 0 spiro atoms. The molecule has 0 saturated carbocycles. The Hall–Kier alpha value is -0.940. The van der Waals surface area contributed by atoms with Gasteiger partial charge < -0.3 is 24.8 Å². The molecule has 0 radical (unpaired) electrons. The lowest BCUT2D eigenvalue weighted by Crippen LogP contribution is -2.39. The van der Waals surface area contributed by atoms with E-state index in [4.69, 9.17) is 14.2 Å². The van der Waals surface area contributed by atoms with Crippen molar-refractivity contribution in [2.45, 2.75) is 32.9 Å². The molecular formula is C22H39IN4O3. The highest BCUT2D eigenvalue weighted by Gasteiger charge is 2.12. The van der Waals surface area contributed by atoms with Crippen molar-refractivity contribution in [3.05, 3.63) is 35.4 Å². The first-order valence-electron chi connectivity index (χ1n) is 10.8. The van der Waals surface area contributed by atoms with Gasteiger partial charge in [0.15, 0.2) is 5.96 Å². The van der Waals surface area contributed by atoms with Crippen molar-refractivity contribution in [3.8, 4) is 0 Å². The molecule has 8 heteroatoms. The molecule has 1 fully saturated rings. The minimum Gasteiger partial charge on any atom is -0.379 e. The lowest BCUT2D eigenvalue weighted by molar-refractivity contribution is 0.0341. The van der Waals surface area contributed by atoms with E-state index < -0.39 is 0 Å². The van der Waals surface area contributed by atoms with Crippen molar-refractivity contribution in [2.75, 3.05) is 66.3 Å². The van der Waals surface area contributed by atoms with Crippen LogP contribution >= 0.6 is 24.0 Å². The smallest absolute Gasteiger partial charge is 0.191 e. The molecule has 7 nitrogen and oxygen atoms in total. The van der Waals surface area contributed by atoms with Gasteiger partial charge in [-0.1, -0.05) is 37.6 Å². The molecule has 0 atom stereocenters. The Morgan fingerprint density at radius 1 is 1.03 bits per heavy atom. The quantitative estimate of drug-likeness (QED) is 0.176. The predicted octanol–water partition coefficient (Wildman–Crippen LogP) is 2.64. The van der Waals surface area contributed by atoms with Crippen molar-refractivity contribution in [1.82, 2.24) is 15.5 Å². The van der Waals surface area contributed by atoms with Gasteiger partial charge >= 0.3 is 0 Å². The van der Waals surface area contributed by atoms with E-state index in [1.54, 1.807) is 7.05 Å². The van der Waals surface area contributed by atoms with Gasteiger partial charge in [-0.3, -0.25) is 9.89 Å². The Morgan fingerprint density at radius 3 is 2.43 bits per heavy atom. The summed E-state index contributed by atoms with van der Waals surface area (Å²) in [4.78, 5) is 6.75. The molecule has 0 amide bonds. The van der Waals surface area contributed by atoms with Gasteiger partial charge in [0, 0.05) is 46.4 Å². The van der Waals surface area contributed by atoms with E-state index in [-0.39, 0.29) is 24.0 Å². The van der Waals surface area contributed by atoms with Crippen LogP contribution in [0.2, 0.25) is 0 Å². The second-order valence-corrected chi connectivity index (χ2v) is 7.09. The highest BCUT2D eigenvalue weighted by Crippen LogP contribution is 2.12. The Kier molecular flexibility index (Phi) is 16.0. The number of hydrogen-bond acceptors (Lipinski definition) is 5. The predicted molar refractivity (Wildman–Crippen MR) is 133 cm³/mol. The number of ether oxygens (including phenoxy) is 3. The summed E-state index contributed by atoms with van der Waals surface area (Å²) in [6.07, 6.45) is 2.27. The number of morpholine rings is 1. The molecular weight excluding hydrogens is 495 g/mol. The number of unbranched alkanes of at least 4 members (excludes halogenated alkanes) is 1. The molecule has 1 aliphatic heterocycles. The number of guanidine groups is 1. The van der Waals surface area contributed by atoms with E-state index in [9.17, 15) is 0 Å². The summed E-state index contributed by atoms with van der Waals surface area (Å²) < 4.78 is 16.5. The van der Waals surface area contributed by atoms with E-state index in [1.807, 2.05) is 0 Å². The SMILES string of the molecule is CCCCOCCOCCNC(=NC)NCc1ccccc1CN1CCOCC1.I. The fourth-order valence-corrected chi connectivity index (χ4v) is 3.09. The Morgan fingerprint density at radius 2 is 1.73 bits per heavy atom. The normalized spacial score (nSPS) is 14.9. The first kappa shape index (κ1) is 27.1. The van der Waals surface area contributed by atoms with Crippen LogP contribution in [0.4, 0.5) is 0 Å². The molecule has 0 bridgehead atoms. The topological polar surface area (TPSA) is 67.4 Å². The molecule has 0 unspecified atom stereocenters. The van der Waals surface area contributed by atoms with E-state index >= 15 is 0 Å². The lowest BCUT2D eigenvalue weighted by atomic mass is 10.1. The number of aliphatic imine (C=N–C) groups is 1. The highest BCUT2D eigenvalue weighted by atomic mass is 127. The maximum Gasteiger partial charge on any atom is 0.191 e. The number of benzene rings is 1. The van der Waals surface area contributed by atoms with Crippen LogP contribution in [-0.2, 0) is 27.3 Å². The zero-order valence-corrected chi connectivity index (χ0v) is 20.9. The van der Waals surface area contributed by atoms with E-state index in [1.165, 1.54) is 11.1 Å². The van der Waals surface area contributed by atoms with Crippen LogP contribution in [0.3, 0.4) is 0 Å². The Bertz CT molecular complexity index is 583. The molecule has 1 aliphatic rings. The van der Waals surface area contributed by atoms with Crippen LogP contribution in [0.5, 0.6) is 0 Å². The van der Waals surface area contributed by atoms with Crippen LogP contribution in [-0.4, -0.2) is 77.2 Å². The number of rotatable bonds is 13. The zero-order valence-electron chi connectivity index (χ0n) is 18.5. The van der Waals surface area contributed by atoms with Gasteiger partial charge in [0.1, 0.15) is 0 Å². The first-order valence-corrected chi connectivity index (χ1v) is 10.8. The van der Waals surface area contributed by atoms with Crippen molar-refractivity contribution >= 4 is 29.9 Å². The molecule has 1 aromatic carbocycles. The fraction of sp³-hybridized carbons (Fsp3) is 0.682. The summed E-state index contributed by atoms with van der Waals surface area (Å²) in [5, 5.41) is 6.70. The number of hydrogen-bond donors (Lipinski definition) is 2. The molecule has 172 valence electrons. The van der Waals surface area contributed by atoms with Crippen LogP contribution in [0.25, 0.3) is 0 Å². The summed E-state index contributed by atoms with van der Waals surface area (Å²) in [7, 11) is 1.79. The second kappa shape index (κ2) is 17.7. The van der Waals surface area contributed by atoms with Gasteiger partial charge in [-0.25, -0.2) is 0 Å². The first-order chi connectivity index (χ1) is 14.3. The molecule has 30 heavy (non-hydrogen) atoms. The molecule has 1 saturated heterocycles. The number of halogens is 1. The molecule has 0 aliphatic carbocycles. The average molecular weight is 534 g/mol. The van der Waals surface area contributed by atoms with Crippen LogP contribution in [0.15, 0.2) is 29.3 Å². The standard InChI is InChI=1S/C22H38N4O3.HI/c1-3-4-12-27-16-17-28-13-9-24-22(23-2)25-18-20-7-5-6-8-21(20)19-26-10-14-29-15-11-26;/h5-8H,3-4,9-19H2,1-2H3,(H2,23,24,25);1H. The molecule has 1 heterocycles. The number of nitrogens with zero attached hydrogens (tertiary/aromatic N) is 2. The zero-order chi connectivity index (χ0) is 20.6. The summed E-state index contributed by atoms with van der Waals surface area (Å²) in [6.45, 7) is 11.0.